The lowest BCUT2D eigenvalue weighted by Crippen LogP contribution is -2.18. The van der Waals surface area contributed by atoms with E-state index < -0.39 is 22.8 Å². The number of aromatic nitrogens is 2. The molecule has 39 heavy (non-hydrogen) atoms. The average Bonchev–Trinajstić information content (AvgIpc) is 3.61. The molecule has 0 bridgehead atoms. The number of amides is 1. The molecule has 1 atom stereocenters. The molecule has 10 heteroatoms. The summed E-state index contributed by atoms with van der Waals surface area (Å²) in [6, 6.07) is 19.2. The summed E-state index contributed by atoms with van der Waals surface area (Å²) in [5, 5.41) is 23.9. The van der Waals surface area contributed by atoms with Crippen LogP contribution in [0, 0.1) is 10.1 Å². The molecule has 198 valence electrons. The number of carbonyl (C=O) groups is 2. The molecule has 4 aromatic rings. The van der Waals surface area contributed by atoms with Gasteiger partial charge < -0.3 is 19.9 Å². The predicted molar refractivity (Wildman–Crippen MR) is 149 cm³/mol. The molecular formula is C29H27N5O5. The van der Waals surface area contributed by atoms with Gasteiger partial charge >= 0.3 is 5.97 Å². The molecule has 1 aromatic heterocycles. The molecule has 0 saturated carbocycles. The normalized spacial score (nSPS) is 14.1. The molecule has 1 unspecified atom stereocenters. The molecule has 0 radical (unpaired) electrons. The summed E-state index contributed by atoms with van der Waals surface area (Å²) in [6.07, 6.45) is 6.41. The number of hydrogen-bond donors (Lipinski definition) is 2. The third-order valence-corrected chi connectivity index (χ3v) is 6.80. The fourth-order valence-corrected chi connectivity index (χ4v) is 4.95. The molecule has 2 heterocycles. The minimum Gasteiger partial charge on any atom is -0.481 e. The minimum atomic E-state index is -0.919. The van der Waals surface area contributed by atoms with Gasteiger partial charge in [0.05, 0.1) is 34.7 Å². The first kappa shape index (κ1) is 25.7. The summed E-state index contributed by atoms with van der Waals surface area (Å²) in [6.45, 7) is 1.60. The largest absolute Gasteiger partial charge is 0.481 e. The second-order valence-electron chi connectivity index (χ2n) is 9.40. The van der Waals surface area contributed by atoms with Crippen LogP contribution in [-0.4, -0.2) is 44.5 Å². The van der Waals surface area contributed by atoms with E-state index in [0.717, 1.165) is 37.0 Å². The number of nitrogens with zero attached hydrogens (tertiary/aromatic N) is 4. The molecule has 1 saturated heterocycles. The van der Waals surface area contributed by atoms with Crippen molar-refractivity contribution in [3.8, 4) is 0 Å². The number of fused-ring (bicyclic) bond motifs is 1. The molecule has 10 nitrogen and oxygen atoms in total. The number of hydrogen-bond acceptors (Lipinski definition) is 6. The highest BCUT2D eigenvalue weighted by atomic mass is 16.6. The van der Waals surface area contributed by atoms with E-state index in [2.05, 4.69) is 10.3 Å². The maximum absolute atomic E-state index is 12.6. The first-order valence-electron chi connectivity index (χ1n) is 12.6. The van der Waals surface area contributed by atoms with Crippen molar-refractivity contribution < 1.29 is 19.6 Å². The third kappa shape index (κ3) is 5.80. The van der Waals surface area contributed by atoms with Crippen molar-refractivity contribution in [3.05, 3.63) is 100 Å². The first-order chi connectivity index (χ1) is 18.9. The Morgan fingerprint density at radius 1 is 1.08 bits per heavy atom. The van der Waals surface area contributed by atoms with Crippen molar-refractivity contribution in [1.82, 2.24) is 9.55 Å². The average molecular weight is 526 g/mol. The number of nitrogens with one attached hydrogen (secondary N) is 1. The van der Waals surface area contributed by atoms with Crippen LogP contribution in [0.4, 0.5) is 17.1 Å². The Morgan fingerprint density at radius 2 is 1.85 bits per heavy atom. The SMILES string of the molecule is O=C(O)CC(c1ccccc1)n1cnc2cc(NC(=O)/C=C/c3ccc(N4CCCC4)c([N+](=O)[O-])c3)ccc21. The van der Waals surface area contributed by atoms with Crippen molar-refractivity contribution in [2.45, 2.75) is 25.3 Å². The van der Waals surface area contributed by atoms with E-state index >= 15 is 0 Å². The van der Waals surface area contributed by atoms with Crippen LogP contribution in [0.3, 0.4) is 0 Å². The molecule has 1 amide bonds. The smallest absolute Gasteiger partial charge is 0.305 e. The Balaban J connectivity index is 1.32. The number of carboxylic acid groups (broad SMARTS) is 1. The third-order valence-electron chi connectivity index (χ3n) is 6.80. The van der Waals surface area contributed by atoms with Gasteiger partial charge in [-0.1, -0.05) is 36.4 Å². The highest BCUT2D eigenvalue weighted by Gasteiger charge is 2.22. The summed E-state index contributed by atoms with van der Waals surface area (Å²) in [5.74, 6) is -1.31. The number of benzene rings is 3. The molecular weight excluding hydrogens is 498 g/mol. The molecule has 0 aliphatic carbocycles. The number of aliphatic carboxylic acids is 1. The van der Waals surface area contributed by atoms with Gasteiger partial charge in [0.2, 0.25) is 5.91 Å². The molecule has 1 fully saturated rings. The number of carbonyl (C=O) groups excluding carboxylic acids is 1. The van der Waals surface area contributed by atoms with Crippen LogP contribution in [0.25, 0.3) is 17.1 Å². The lowest BCUT2D eigenvalue weighted by Gasteiger charge is -2.18. The highest BCUT2D eigenvalue weighted by molar-refractivity contribution is 6.02. The van der Waals surface area contributed by atoms with Crippen molar-refractivity contribution in [2.75, 3.05) is 23.3 Å². The molecule has 0 spiro atoms. The molecule has 3 aromatic carbocycles. The number of nitro benzene ring substituents is 1. The number of imidazole rings is 1. The van der Waals surface area contributed by atoms with Crippen molar-refractivity contribution in [1.29, 1.82) is 0 Å². The first-order valence-corrected chi connectivity index (χ1v) is 12.6. The van der Waals surface area contributed by atoms with Gasteiger partial charge in [0.1, 0.15) is 5.69 Å². The van der Waals surface area contributed by atoms with E-state index in [1.54, 1.807) is 42.7 Å². The van der Waals surface area contributed by atoms with Gasteiger partial charge in [0, 0.05) is 30.9 Å². The fourth-order valence-electron chi connectivity index (χ4n) is 4.95. The summed E-state index contributed by atoms with van der Waals surface area (Å²) >= 11 is 0. The van der Waals surface area contributed by atoms with Crippen LogP contribution in [0.1, 0.15) is 36.4 Å². The maximum atomic E-state index is 12.6. The van der Waals surface area contributed by atoms with Gasteiger partial charge in [0.25, 0.3) is 5.69 Å². The van der Waals surface area contributed by atoms with Gasteiger partial charge in [-0.05, 0) is 54.3 Å². The molecule has 1 aliphatic rings. The van der Waals surface area contributed by atoms with Gasteiger partial charge in [-0.15, -0.1) is 0 Å². The van der Waals surface area contributed by atoms with E-state index in [4.69, 9.17) is 0 Å². The van der Waals surface area contributed by atoms with Crippen LogP contribution in [0.15, 0.2) is 79.1 Å². The lowest BCUT2D eigenvalue weighted by molar-refractivity contribution is -0.384. The van der Waals surface area contributed by atoms with E-state index in [1.807, 2.05) is 39.8 Å². The van der Waals surface area contributed by atoms with Crippen LogP contribution in [0.5, 0.6) is 0 Å². The minimum absolute atomic E-state index is 0.0252. The van der Waals surface area contributed by atoms with Crippen LogP contribution >= 0.6 is 0 Å². The Morgan fingerprint density at radius 3 is 2.56 bits per heavy atom. The topological polar surface area (TPSA) is 131 Å². The summed E-state index contributed by atoms with van der Waals surface area (Å²) in [5.41, 5.74) is 3.91. The Bertz CT molecular complexity index is 1560. The van der Waals surface area contributed by atoms with E-state index in [-0.39, 0.29) is 12.1 Å². The Hall–Kier alpha value is -4.99. The van der Waals surface area contributed by atoms with Crippen LogP contribution in [0.2, 0.25) is 0 Å². The predicted octanol–water partition coefficient (Wildman–Crippen LogP) is 5.26. The maximum Gasteiger partial charge on any atom is 0.305 e. The van der Waals surface area contributed by atoms with Crippen molar-refractivity contribution in [3.63, 3.8) is 0 Å². The van der Waals surface area contributed by atoms with Crippen LogP contribution in [-0.2, 0) is 9.59 Å². The number of rotatable bonds is 9. The number of carboxylic acids is 1. The van der Waals surface area contributed by atoms with E-state index in [1.165, 1.54) is 12.1 Å². The zero-order chi connectivity index (χ0) is 27.4. The Kier molecular flexibility index (Phi) is 7.35. The molecule has 2 N–H and O–H groups in total. The zero-order valence-electron chi connectivity index (χ0n) is 21.1. The summed E-state index contributed by atoms with van der Waals surface area (Å²) in [7, 11) is 0. The fraction of sp³-hybridized carbons (Fsp3) is 0.207. The zero-order valence-corrected chi connectivity index (χ0v) is 21.1. The lowest BCUT2D eigenvalue weighted by atomic mass is 10.0. The molecule has 1 aliphatic heterocycles. The number of nitro groups is 1. The second-order valence-corrected chi connectivity index (χ2v) is 9.40. The quantitative estimate of drug-likeness (QED) is 0.173. The number of anilines is 2. The highest BCUT2D eigenvalue weighted by Crippen LogP contribution is 2.32. The van der Waals surface area contributed by atoms with Gasteiger partial charge in [-0.2, -0.15) is 0 Å². The summed E-state index contributed by atoms with van der Waals surface area (Å²) in [4.78, 5) is 41.9. The Labute approximate surface area is 224 Å². The summed E-state index contributed by atoms with van der Waals surface area (Å²) < 4.78 is 1.82. The van der Waals surface area contributed by atoms with E-state index in [9.17, 15) is 24.8 Å². The second kappa shape index (κ2) is 11.2. The van der Waals surface area contributed by atoms with Gasteiger partial charge in [0.15, 0.2) is 0 Å². The van der Waals surface area contributed by atoms with Crippen LogP contribution < -0.4 is 10.2 Å². The van der Waals surface area contributed by atoms with Gasteiger partial charge in [-0.25, -0.2) is 4.98 Å². The van der Waals surface area contributed by atoms with Crippen molar-refractivity contribution >= 4 is 46.0 Å². The van der Waals surface area contributed by atoms with E-state index in [0.29, 0.717) is 22.5 Å². The standard InChI is InChI=1S/C29H27N5O5/c35-28(13-9-20-8-11-25(27(16-20)34(38)39)32-14-4-5-15-32)31-22-10-12-24-23(17-22)30-19-33(24)26(18-29(36)37)21-6-2-1-3-7-21/h1-3,6-13,16-17,19,26H,4-5,14-15,18H2,(H,31,35)(H,36,37)/b13-9+. The van der Waals surface area contributed by atoms with Crippen molar-refractivity contribution in [2.24, 2.45) is 0 Å². The molecule has 5 rings (SSSR count). The monoisotopic (exact) mass is 525 g/mol. The van der Waals surface area contributed by atoms with Gasteiger partial charge in [-0.3, -0.25) is 19.7 Å².